The summed E-state index contributed by atoms with van der Waals surface area (Å²) in [6.45, 7) is 5.29. The van der Waals surface area contributed by atoms with Gasteiger partial charge in [-0.05, 0) is 43.7 Å². The van der Waals surface area contributed by atoms with E-state index in [1.807, 2.05) is 0 Å². The zero-order valence-corrected chi connectivity index (χ0v) is 17.3. The Labute approximate surface area is 170 Å². The standard InChI is InChI=1S/C26H33NO/c1-26(2,28)19-18-25(24-16-10-5-11-17-24)27(20-22-12-6-3-7-13-22)21-23-14-8-4-9-15-23/h3-4,6-9,12-15,24-25,28H,5,10-11,16-17,20-21H2,1-2H3/t25-/m0/s1. The predicted octanol–water partition coefficient (Wildman–Crippen LogP) is 5.41. The molecule has 1 atom stereocenters. The fourth-order valence-corrected chi connectivity index (χ4v) is 4.10. The summed E-state index contributed by atoms with van der Waals surface area (Å²) in [7, 11) is 0. The third kappa shape index (κ3) is 6.51. The quantitative estimate of drug-likeness (QED) is 0.682. The molecular weight excluding hydrogens is 342 g/mol. The second kappa shape index (κ2) is 9.92. The molecule has 0 aliphatic heterocycles. The third-order valence-electron chi connectivity index (χ3n) is 5.47. The Morgan fingerprint density at radius 3 is 1.86 bits per heavy atom. The van der Waals surface area contributed by atoms with Crippen LogP contribution in [0.2, 0.25) is 0 Å². The van der Waals surface area contributed by atoms with Crippen LogP contribution in [-0.2, 0) is 13.1 Å². The van der Waals surface area contributed by atoms with Crippen LogP contribution in [0, 0.1) is 17.8 Å². The van der Waals surface area contributed by atoms with Crippen LogP contribution in [0.4, 0.5) is 0 Å². The molecule has 0 unspecified atom stereocenters. The van der Waals surface area contributed by atoms with Gasteiger partial charge in [-0.15, -0.1) is 0 Å². The van der Waals surface area contributed by atoms with Gasteiger partial charge in [0, 0.05) is 13.1 Å². The van der Waals surface area contributed by atoms with Crippen molar-refractivity contribution in [2.45, 2.75) is 70.7 Å². The van der Waals surface area contributed by atoms with Crippen LogP contribution in [0.1, 0.15) is 57.1 Å². The molecule has 1 saturated carbocycles. The van der Waals surface area contributed by atoms with Gasteiger partial charge in [-0.1, -0.05) is 91.8 Å². The van der Waals surface area contributed by atoms with E-state index < -0.39 is 5.60 Å². The van der Waals surface area contributed by atoms with Crippen LogP contribution in [0.15, 0.2) is 60.7 Å². The first-order valence-electron chi connectivity index (χ1n) is 10.6. The Morgan fingerprint density at radius 1 is 0.893 bits per heavy atom. The van der Waals surface area contributed by atoms with Gasteiger partial charge in [0.1, 0.15) is 5.60 Å². The van der Waals surface area contributed by atoms with E-state index in [-0.39, 0.29) is 6.04 Å². The summed E-state index contributed by atoms with van der Waals surface area (Å²) in [4.78, 5) is 2.51. The Bertz CT molecular complexity index is 719. The summed E-state index contributed by atoms with van der Waals surface area (Å²) >= 11 is 0. The van der Waals surface area contributed by atoms with Crippen LogP contribution < -0.4 is 0 Å². The average Bonchev–Trinajstić information content (AvgIpc) is 2.69. The van der Waals surface area contributed by atoms with Crippen molar-refractivity contribution in [3.63, 3.8) is 0 Å². The van der Waals surface area contributed by atoms with Crippen molar-refractivity contribution in [1.82, 2.24) is 4.90 Å². The predicted molar refractivity (Wildman–Crippen MR) is 117 cm³/mol. The Hall–Kier alpha value is -2.08. The van der Waals surface area contributed by atoms with E-state index in [0.29, 0.717) is 5.92 Å². The van der Waals surface area contributed by atoms with E-state index >= 15 is 0 Å². The van der Waals surface area contributed by atoms with Crippen molar-refractivity contribution < 1.29 is 5.11 Å². The average molecular weight is 376 g/mol. The SMILES string of the molecule is CC(C)(O)C#C[C@@H](C1CCCCC1)N(Cc1ccccc1)Cc1ccccc1. The molecule has 2 aromatic rings. The van der Waals surface area contributed by atoms with E-state index in [9.17, 15) is 5.11 Å². The van der Waals surface area contributed by atoms with Gasteiger partial charge in [-0.3, -0.25) is 4.90 Å². The molecule has 2 heteroatoms. The highest BCUT2D eigenvalue weighted by Gasteiger charge is 2.28. The summed E-state index contributed by atoms with van der Waals surface area (Å²) in [5.41, 5.74) is 1.66. The lowest BCUT2D eigenvalue weighted by molar-refractivity contribution is 0.133. The van der Waals surface area contributed by atoms with Crippen LogP contribution in [-0.4, -0.2) is 21.6 Å². The summed E-state index contributed by atoms with van der Waals surface area (Å²) < 4.78 is 0. The molecule has 1 aliphatic carbocycles. The van der Waals surface area contributed by atoms with E-state index in [2.05, 4.69) is 77.4 Å². The fourth-order valence-electron chi connectivity index (χ4n) is 4.10. The van der Waals surface area contributed by atoms with Crippen LogP contribution in [0.5, 0.6) is 0 Å². The molecule has 1 aliphatic rings. The van der Waals surface area contributed by atoms with Gasteiger partial charge in [0.2, 0.25) is 0 Å². The van der Waals surface area contributed by atoms with Crippen LogP contribution >= 0.6 is 0 Å². The van der Waals surface area contributed by atoms with Gasteiger partial charge < -0.3 is 5.11 Å². The smallest absolute Gasteiger partial charge is 0.120 e. The summed E-state index contributed by atoms with van der Waals surface area (Å²) in [6, 6.07) is 21.5. The summed E-state index contributed by atoms with van der Waals surface area (Å²) in [5.74, 6) is 7.20. The molecule has 0 saturated heterocycles. The number of nitrogens with zero attached hydrogens (tertiary/aromatic N) is 1. The topological polar surface area (TPSA) is 23.5 Å². The Morgan fingerprint density at radius 2 is 1.39 bits per heavy atom. The van der Waals surface area contributed by atoms with E-state index in [0.717, 1.165) is 13.1 Å². The Kier molecular flexibility index (Phi) is 7.31. The van der Waals surface area contributed by atoms with Gasteiger partial charge in [0.15, 0.2) is 0 Å². The van der Waals surface area contributed by atoms with Crippen molar-refractivity contribution in [3.8, 4) is 11.8 Å². The number of aliphatic hydroxyl groups is 1. The van der Waals surface area contributed by atoms with E-state index in [1.54, 1.807) is 13.8 Å². The molecule has 0 heterocycles. The monoisotopic (exact) mass is 375 g/mol. The number of rotatable bonds is 6. The van der Waals surface area contributed by atoms with Gasteiger partial charge in [0.05, 0.1) is 6.04 Å². The summed E-state index contributed by atoms with van der Waals surface area (Å²) in [6.07, 6.45) is 6.36. The maximum Gasteiger partial charge on any atom is 0.120 e. The fraction of sp³-hybridized carbons (Fsp3) is 0.462. The van der Waals surface area contributed by atoms with Gasteiger partial charge >= 0.3 is 0 Å². The normalized spacial score (nSPS) is 16.4. The molecule has 2 aromatic carbocycles. The molecular formula is C26H33NO. The molecule has 1 N–H and O–H groups in total. The highest BCUT2D eigenvalue weighted by molar-refractivity contribution is 5.21. The van der Waals surface area contributed by atoms with Crippen molar-refractivity contribution in [2.75, 3.05) is 0 Å². The highest BCUT2D eigenvalue weighted by Crippen LogP contribution is 2.30. The maximum absolute atomic E-state index is 10.2. The van der Waals surface area contributed by atoms with Crippen molar-refractivity contribution in [3.05, 3.63) is 71.8 Å². The first-order valence-corrected chi connectivity index (χ1v) is 10.6. The Balaban J connectivity index is 1.91. The molecule has 148 valence electrons. The number of hydrogen-bond acceptors (Lipinski definition) is 2. The second-order valence-corrected chi connectivity index (χ2v) is 8.55. The lowest BCUT2D eigenvalue weighted by Gasteiger charge is -2.36. The minimum Gasteiger partial charge on any atom is -0.378 e. The van der Waals surface area contributed by atoms with Crippen molar-refractivity contribution in [1.29, 1.82) is 0 Å². The molecule has 0 radical (unpaired) electrons. The lowest BCUT2D eigenvalue weighted by atomic mass is 9.83. The summed E-state index contributed by atoms with van der Waals surface area (Å²) in [5, 5.41) is 10.2. The van der Waals surface area contributed by atoms with Crippen molar-refractivity contribution >= 4 is 0 Å². The second-order valence-electron chi connectivity index (χ2n) is 8.55. The van der Waals surface area contributed by atoms with Crippen LogP contribution in [0.25, 0.3) is 0 Å². The van der Waals surface area contributed by atoms with Crippen molar-refractivity contribution in [2.24, 2.45) is 5.92 Å². The number of benzene rings is 2. The molecule has 0 aromatic heterocycles. The molecule has 28 heavy (non-hydrogen) atoms. The molecule has 0 bridgehead atoms. The molecule has 2 nitrogen and oxygen atoms in total. The first kappa shape index (κ1) is 20.6. The number of hydrogen-bond donors (Lipinski definition) is 1. The third-order valence-corrected chi connectivity index (χ3v) is 5.47. The van der Waals surface area contributed by atoms with Crippen LogP contribution in [0.3, 0.4) is 0 Å². The van der Waals surface area contributed by atoms with E-state index in [4.69, 9.17) is 0 Å². The zero-order chi connectivity index (χ0) is 19.8. The lowest BCUT2D eigenvalue weighted by Crippen LogP contribution is -2.40. The molecule has 0 spiro atoms. The minimum atomic E-state index is -0.960. The van der Waals surface area contributed by atoms with Gasteiger partial charge in [-0.25, -0.2) is 0 Å². The van der Waals surface area contributed by atoms with Gasteiger partial charge in [-0.2, -0.15) is 0 Å². The van der Waals surface area contributed by atoms with Gasteiger partial charge in [0.25, 0.3) is 0 Å². The minimum absolute atomic E-state index is 0.159. The highest BCUT2D eigenvalue weighted by atomic mass is 16.3. The molecule has 3 rings (SSSR count). The maximum atomic E-state index is 10.2. The molecule has 1 fully saturated rings. The van der Waals surface area contributed by atoms with E-state index in [1.165, 1.54) is 43.2 Å². The largest absolute Gasteiger partial charge is 0.378 e. The first-order chi connectivity index (χ1) is 13.5. The zero-order valence-electron chi connectivity index (χ0n) is 17.3. The molecule has 0 amide bonds.